The lowest BCUT2D eigenvalue weighted by Gasteiger charge is -2.08. The fourth-order valence-corrected chi connectivity index (χ4v) is 3.43. The van der Waals surface area contributed by atoms with E-state index in [1.54, 1.807) is 12.1 Å². The molecule has 0 aromatic heterocycles. The van der Waals surface area contributed by atoms with Crippen molar-refractivity contribution in [3.63, 3.8) is 0 Å². The zero-order chi connectivity index (χ0) is 19.9. The van der Waals surface area contributed by atoms with Crippen molar-refractivity contribution in [3.05, 3.63) is 65.5 Å². The van der Waals surface area contributed by atoms with Crippen molar-refractivity contribution in [2.75, 3.05) is 13.1 Å². The van der Waals surface area contributed by atoms with Gasteiger partial charge >= 0.3 is 0 Å². The number of hydrogen-bond acceptors (Lipinski definition) is 4. The number of amides is 1. The Balaban J connectivity index is 1.77. The Morgan fingerprint density at radius 3 is 2.41 bits per heavy atom. The molecule has 0 aliphatic heterocycles. The van der Waals surface area contributed by atoms with Gasteiger partial charge < -0.3 is 5.32 Å². The third-order valence-corrected chi connectivity index (χ3v) is 5.30. The number of sulfonamides is 1. The fraction of sp³-hybridized carbons (Fsp3) is 0.263. The minimum Gasteiger partial charge on any atom is -0.356 e. The van der Waals surface area contributed by atoms with Crippen LogP contribution >= 0.6 is 0 Å². The van der Waals surface area contributed by atoms with Crippen LogP contribution in [0.4, 0.5) is 4.39 Å². The Morgan fingerprint density at radius 2 is 1.74 bits per heavy atom. The highest BCUT2D eigenvalue weighted by Crippen LogP contribution is 2.12. The predicted molar refractivity (Wildman–Crippen MR) is 99.4 cm³/mol. The van der Waals surface area contributed by atoms with Crippen LogP contribution in [-0.4, -0.2) is 33.2 Å². The third-order valence-electron chi connectivity index (χ3n) is 3.84. The second-order valence-electron chi connectivity index (χ2n) is 5.96. The maximum atomic E-state index is 12.8. The van der Waals surface area contributed by atoms with Gasteiger partial charge in [0.15, 0.2) is 5.78 Å². The molecule has 0 bridgehead atoms. The summed E-state index contributed by atoms with van der Waals surface area (Å²) in [6.07, 6.45) is 0.532. The van der Waals surface area contributed by atoms with Gasteiger partial charge in [0.05, 0.1) is 4.90 Å². The molecular weight excluding hydrogens is 371 g/mol. The Hall–Kier alpha value is -2.58. The molecule has 2 N–H and O–H groups in total. The molecule has 2 aromatic rings. The van der Waals surface area contributed by atoms with E-state index in [-0.39, 0.29) is 35.4 Å². The van der Waals surface area contributed by atoms with Crippen LogP contribution in [0.3, 0.4) is 0 Å². The molecule has 2 aromatic carbocycles. The van der Waals surface area contributed by atoms with Gasteiger partial charge in [0.1, 0.15) is 5.82 Å². The lowest BCUT2D eigenvalue weighted by atomic mass is 10.1. The number of ketones is 1. The molecule has 0 aliphatic rings. The predicted octanol–water partition coefficient (Wildman–Crippen LogP) is 2.06. The van der Waals surface area contributed by atoms with Gasteiger partial charge in [-0.3, -0.25) is 9.59 Å². The van der Waals surface area contributed by atoms with E-state index >= 15 is 0 Å². The van der Waals surface area contributed by atoms with Gasteiger partial charge in [0.25, 0.3) is 0 Å². The quantitative estimate of drug-likeness (QED) is 0.639. The smallest absolute Gasteiger partial charge is 0.240 e. The van der Waals surface area contributed by atoms with E-state index in [1.165, 1.54) is 43.3 Å². The Labute approximate surface area is 157 Å². The molecule has 27 heavy (non-hydrogen) atoms. The van der Waals surface area contributed by atoms with Crippen LogP contribution < -0.4 is 10.0 Å². The third kappa shape index (κ3) is 6.58. The molecule has 144 valence electrons. The number of carbonyl (C=O) groups excluding carboxylic acids is 2. The van der Waals surface area contributed by atoms with E-state index in [0.29, 0.717) is 18.5 Å². The average molecular weight is 392 g/mol. The number of halogens is 1. The molecule has 0 fully saturated rings. The van der Waals surface area contributed by atoms with Crippen LogP contribution in [0.1, 0.15) is 29.3 Å². The fourth-order valence-electron chi connectivity index (χ4n) is 2.35. The molecule has 8 heteroatoms. The molecule has 0 aliphatic carbocycles. The Kier molecular flexibility index (Phi) is 7.20. The number of Topliss-reactive ketones (excluding diaryl/α,β-unsaturated/α-hetero) is 1. The highest BCUT2D eigenvalue weighted by atomic mass is 32.2. The van der Waals surface area contributed by atoms with E-state index in [1.807, 2.05) is 0 Å². The van der Waals surface area contributed by atoms with Gasteiger partial charge in [0.2, 0.25) is 15.9 Å². The monoisotopic (exact) mass is 392 g/mol. The van der Waals surface area contributed by atoms with E-state index < -0.39 is 10.0 Å². The second-order valence-corrected chi connectivity index (χ2v) is 7.73. The number of nitrogens with one attached hydrogen (secondary N) is 2. The molecule has 1 amide bonds. The summed E-state index contributed by atoms with van der Waals surface area (Å²) in [5, 5.41) is 2.68. The van der Waals surface area contributed by atoms with Crippen LogP contribution in [0.5, 0.6) is 0 Å². The molecular formula is C19H21FN2O4S. The molecule has 6 nitrogen and oxygen atoms in total. The van der Waals surface area contributed by atoms with E-state index in [9.17, 15) is 22.4 Å². The molecule has 0 spiro atoms. The van der Waals surface area contributed by atoms with Crippen molar-refractivity contribution in [2.24, 2.45) is 0 Å². The van der Waals surface area contributed by atoms with E-state index in [0.717, 1.165) is 5.56 Å². The molecule has 0 saturated heterocycles. The van der Waals surface area contributed by atoms with Gasteiger partial charge in [-0.2, -0.15) is 0 Å². The highest BCUT2D eigenvalue weighted by molar-refractivity contribution is 7.89. The minimum atomic E-state index is -3.80. The zero-order valence-corrected chi connectivity index (χ0v) is 15.7. The molecule has 0 radical (unpaired) electrons. The van der Waals surface area contributed by atoms with Crippen LogP contribution in [0.15, 0.2) is 53.4 Å². The van der Waals surface area contributed by atoms with E-state index in [4.69, 9.17) is 0 Å². The largest absolute Gasteiger partial charge is 0.356 e. The summed E-state index contributed by atoms with van der Waals surface area (Å²) in [4.78, 5) is 23.1. The van der Waals surface area contributed by atoms with Gasteiger partial charge in [0, 0.05) is 25.1 Å². The summed E-state index contributed by atoms with van der Waals surface area (Å²) >= 11 is 0. The molecule has 0 unspecified atom stereocenters. The first-order valence-corrected chi connectivity index (χ1v) is 9.88. The van der Waals surface area contributed by atoms with Gasteiger partial charge in [-0.05, 0) is 43.2 Å². The first-order chi connectivity index (χ1) is 12.8. The first-order valence-electron chi connectivity index (χ1n) is 8.40. The summed E-state index contributed by atoms with van der Waals surface area (Å²) in [5.74, 6) is -0.839. The number of rotatable bonds is 9. The second kappa shape index (κ2) is 9.38. The number of hydrogen-bond donors (Lipinski definition) is 2. The number of benzene rings is 2. The summed E-state index contributed by atoms with van der Waals surface area (Å²) < 4.78 is 39.6. The minimum absolute atomic E-state index is 0.0188. The van der Waals surface area contributed by atoms with Crippen molar-refractivity contribution in [1.82, 2.24) is 10.0 Å². The van der Waals surface area contributed by atoms with Crippen LogP contribution in [-0.2, 0) is 21.2 Å². The molecule has 0 saturated carbocycles. The van der Waals surface area contributed by atoms with Crippen molar-refractivity contribution >= 4 is 21.7 Å². The van der Waals surface area contributed by atoms with Crippen molar-refractivity contribution in [3.8, 4) is 0 Å². The topological polar surface area (TPSA) is 92.3 Å². The SMILES string of the molecule is CC(=O)c1cccc(S(=O)(=O)NCCC(=O)NCCc2ccc(F)cc2)c1. The van der Waals surface area contributed by atoms with Crippen LogP contribution in [0.2, 0.25) is 0 Å². The van der Waals surface area contributed by atoms with Gasteiger partial charge in [-0.15, -0.1) is 0 Å². The number of carbonyl (C=O) groups is 2. The first kappa shape index (κ1) is 20.7. The van der Waals surface area contributed by atoms with E-state index in [2.05, 4.69) is 10.0 Å². The van der Waals surface area contributed by atoms with Crippen molar-refractivity contribution in [2.45, 2.75) is 24.7 Å². The lowest BCUT2D eigenvalue weighted by Crippen LogP contribution is -2.31. The zero-order valence-electron chi connectivity index (χ0n) is 14.9. The molecule has 0 atom stereocenters. The Bertz CT molecular complexity index is 912. The lowest BCUT2D eigenvalue weighted by molar-refractivity contribution is -0.120. The highest BCUT2D eigenvalue weighted by Gasteiger charge is 2.15. The standard InChI is InChI=1S/C19H21FN2O4S/c1-14(23)16-3-2-4-18(13-16)27(25,26)22-12-10-19(24)21-11-9-15-5-7-17(20)8-6-15/h2-8,13,22H,9-12H2,1H3,(H,21,24). The Morgan fingerprint density at radius 1 is 1.04 bits per heavy atom. The van der Waals surface area contributed by atoms with Gasteiger partial charge in [-0.25, -0.2) is 17.5 Å². The summed E-state index contributed by atoms with van der Waals surface area (Å²) in [6.45, 7) is 1.67. The molecule has 2 rings (SSSR count). The normalized spacial score (nSPS) is 11.2. The summed E-state index contributed by atoms with van der Waals surface area (Å²) in [5.41, 5.74) is 1.19. The summed E-state index contributed by atoms with van der Waals surface area (Å²) in [7, 11) is -3.80. The average Bonchev–Trinajstić information content (AvgIpc) is 2.63. The maximum Gasteiger partial charge on any atom is 0.240 e. The molecule has 0 heterocycles. The van der Waals surface area contributed by atoms with Crippen LogP contribution in [0.25, 0.3) is 0 Å². The van der Waals surface area contributed by atoms with Crippen LogP contribution in [0, 0.1) is 5.82 Å². The summed E-state index contributed by atoms with van der Waals surface area (Å²) in [6, 6.07) is 11.7. The van der Waals surface area contributed by atoms with Gasteiger partial charge in [-0.1, -0.05) is 24.3 Å². The van der Waals surface area contributed by atoms with Crippen molar-refractivity contribution in [1.29, 1.82) is 0 Å². The maximum absolute atomic E-state index is 12.8. The van der Waals surface area contributed by atoms with Crippen molar-refractivity contribution < 1.29 is 22.4 Å².